The SMILES string of the molecule is CN(C(=O)C1CC=CC1)C1CCC1. The van der Waals surface area contributed by atoms with Crippen LogP contribution in [0.5, 0.6) is 0 Å². The van der Waals surface area contributed by atoms with Gasteiger partial charge in [-0.1, -0.05) is 12.2 Å². The van der Waals surface area contributed by atoms with Crippen LogP contribution in [0, 0.1) is 5.92 Å². The van der Waals surface area contributed by atoms with E-state index in [9.17, 15) is 4.79 Å². The van der Waals surface area contributed by atoms with Crippen LogP contribution in [0.15, 0.2) is 12.2 Å². The minimum atomic E-state index is 0.255. The highest BCUT2D eigenvalue weighted by molar-refractivity contribution is 5.79. The Bertz CT molecular complexity index is 222. The molecule has 1 amide bonds. The van der Waals surface area contributed by atoms with E-state index >= 15 is 0 Å². The highest BCUT2D eigenvalue weighted by Crippen LogP contribution is 2.27. The number of carbonyl (C=O) groups excluding carboxylic acids is 1. The average molecular weight is 179 g/mol. The smallest absolute Gasteiger partial charge is 0.226 e. The first-order chi connectivity index (χ1) is 6.29. The van der Waals surface area contributed by atoms with Gasteiger partial charge in [-0.3, -0.25) is 4.79 Å². The maximum Gasteiger partial charge on any atom is 0.226 e. The van der Waals surface area contributed by atoms with Crippen molar-refractivity contribution in [2.24, 2.45) is 5.92 Å². The van der Waals surface area contributed by atoms with E-state index in [1.54, 1.807) is 0 Å². The lowest BCUT2D eigenvalue weighted by atomic mass is 9.90. The first-order valence-corrected chi connectivity index (χ1v) is 5.20. The van der Waals surface area contributed by atoms with Crippen molar-refractivity contribution in [2.45, 2.75) is 38.1 Å². The fourth-order valence-corrected chi connectivity index (χ4v) is 2.06. The van der Waals surface area contributed by atoms with Crippen LogP contribution in [-0.4, -0.2) is 23.9 Å². The lowest BCUT2D eigenvalue weighted by molar-refractivity contribution is -0.137. The number of hydrogen-bond acceptors (Lipinski definition) is 1. The molecule has 0 aromatic heterocycles. The minimum absolute atomic E-state index is 0.255. The molecule has 0 radical (unpaired) electrons. The van der Waals surface area contributed by atoms with E-state index < -0.39 is 0 Å². The highest BCUT2D eigenvalue weighted by atomic mass is 16.2. The van der Waals surface area contributed by atoms with Crippen LogP contribution in [0.2, 0.25) is 0 Å². The van der Waals surface area contributed by atoms with Crippen molar-refractivity contribution < 1.29 is 4.79 Å². The molecular weight excluding hydrogens is 162 g/mol. The summed E-state index contributed by atoms with van der Waals surface area (Å²) >= 11 is 0. The Kier molecular flexibility index (Phi) is 2.38. The molecule has 0 aromatic carbocycles. The van der Waals surface area contributed by atoms with Crippen molar-refractivity contribution in [3.05, 3.63) is 12.2 Å². The second-order valence-corrected chi connectivity index (χ2v) is 4.17. The topological polar surface area (TPSA) is 20.3 Å². The fourth-order valence-electron chi connectivity index (χ4n) is 2.06. The summed E-state index contributed by atoms with van der Waals surface area (Å²) in [5.74, 6) is 0.611. The van der Waals surface area contributed by atoms with Crippen molar-refractivity contribution in [1.82, 2.24) is 4.90 Å². The van der Waals surface area contributed by atoms with Gasteiger partial charge in [0, 0.05) is 19.0 Å². The van der Waals surface area contributed by atoms with Crippen LogP contribution >= 0.6 is 0 Å². The molecule has 0 heterocycles. The molecule has 2 heteroatoms. The lowest BCUT2D eigenvalue weighted by Gasteiger charge is -2.36. The minimum Gasteiger partial charge on any atom is -0.343 e. The Balaban J connectivity index is 1.87. The van der Waals surface area contributed by atoms with E-state index in [-0.39, 0.29) is 5.92 Å². The van der Waals surface area contributed by atoms with Crippen molar-refractivity contribution >= 4 is 5.91 Å². The predicted octanol–water partition coefficient (Wildman–Crippen LogP) is 1.96. The molecule has 0 N–H and O–H groups in total. The number of allylic oxidation sites excluding steroid dienone is 2. The molecule has 2 aliphatic rings. The van der Waals surface area contributed by atoms with Crippen LogP contribution in [0.4, 0.5) is 0 Å². The summed E-state index contributed by atoms with van der Waals surface area (Å²) in [4.78, 5) is 13.8. The van der Waals surface area contributed by atoms with Crippen LogP contribution in [0.3, 0.4) is 0 Å². The molecule has 1 saturated carbocycles. The summed E-state index contributed by atoms with van der Waals surface area (Å²) < 4.78 is 0. The molecule has 13 heavy (non-hydrogen) atoms. The van der Waals surface area contributed by atoms with Crippen molar-refractivity contribution in [1.29, 1.82) is 0 Å². The summed E-state index contributed by atoms with van der Waals surface area (Å²) in [7, 11) is 1.96. The largest absolute Gasteiger partial charge is 0.343 e. The van der Waals surface area contributed by atoms with Gasteiger partial charge < -0.3 is 4.90 Å². The van der Waals surface area contributed by atoms with Crippen LogP contribution in [0.25, 0.3) is 0 Å². The summed E-state index contributed by atoms with van der Waals surface area (Å²) in [6.07, 6.45) is 9.87. The lowest BCUT2D eigenvalue weighted by Crippen LogP contribution is -2.43. The molecule has 72 valence electrons. The van der Waals surface area contributed by atoms with Gasteiger partial charge in [0.15, 0.2) is 0 Å². The van der Waals surface area contributed by atoms with Crippen LogP contribution < -0.4 is 0 Å². The van der Waals surface area contributed by atoms with Crippen molar-refractivity contribution in [3.8, 4) is 0 Å². The maximum absolute atomic E-state index is 11.9. The monoisotopic (exact) mass is 179 g/mol. The van der Waals surface area contributed by atoms with E-state index in [2.05, 4.69) is 12.2 Å². The Morgan fingerprint density at radius 3 is 2.38 bits per heavy atom. The van der Waals surface area contributed by atoms with E-state index in [1.807, 2.05) is 11.9 Å². The van der Waals surface area contributed by atoms with Gasteiger partial charge in [-0.2, -0.15) is 0 Å². The zero-order valence-electron chi connectivity index (χ0n) is 8.20. The highest BCUT2D eigenvalue weighted by Gasteiger charge is 2.30. The molecule has 1 fully saturated rings. The van der Waals surface area contributed by atoms with Crippen LogP contribution in [-0.2, 0) is 4.79 Å². The van der Waals surface area contributed by atoms with Gasteiger partial charge in [0.25, 0.3) is 0 Å². The number of carbonyl (C=O) groups is 1. The van der Waals surface area contributed by atoms with E-state index in [0.29, 0.717) is 11.9 Å². The Morgan fingerprint density at radius 1 is 1.31 bits per heavy atom. The quantitative estimate of drug-likeness (QED) is 0.593. The molecule has 0 spiro atoms. The van der Waals surface area contributed by atoms with Gasteiger partial charge >= 0.3 is 0 Å². The van der Waals surface area contributed by atoms with E-state index in [0.717, 1.165) is 12.8 Å². The van der Waals surface area contributed by atoms with Gasteiger partial charge in [-0.25, -0.2) is 0 Å². The third-order valence-electron chi connectivity index (χ3n) is 3.33. The molecule has 0 bridgehead atoms. The summed E-state index contributed by atoms with van der Waals surface area (Å²) in [5, 5.41) is 0. The first-order valence-electron chi connectivity index (χ1n) is 5.20. The second kappa shape index (κ2) is 3.52. The van der Waals surface area contributed by atoms with Gasteiger partial charge in [-0.15, -0.1) is 0 Å². The molecule has 2 nitrogen and oxygen atoms in total. The number of hydrogen-bond donors (Lipinski definition) is 0. The molecule has 2 aliphatic carbocycles. The standard InChI is InChI=1S/C11H17NO/c1-12(10-7-4-8-10)11(13)9-5-2-3-6-9/h2-3,9-10H,4-8H2,1H3. The molecule has 0 saturated heterocycles. The van der Waals surface area contributed by atoms with Gasteiger partial charge in [0.05, 0.1) is 0 Å². The van der Waals surface area contributed by atoms with Crippen molar-refractivity contribution in [2.75, 3.05) is 7.05 Å². The molecule has 0 atom stereocenters. The third-order valence-corrected chi connectivity index (χ3v) is 3.33. The van der Waals surface area contributed by atoms with Crippen molar-refractivity contribution in [3.63, 3.8) is 0 Å². The first kappa shape index (κ1) is 8.79. The molecule has 0 unspecified atom stereocenters. The predicted molar refractivity (Wildman–Crippen MR) is 52.3 cm³/mol. The number of nitrogens with zero attached hydrogens (tertiary/aromatic N) is 1. The molecule has 0 aromatic rings. The van der Waals surface area contributed by atoms with Crippen LogP contribution in [0.1, 0.15) is 32.1 Å². The summed E-state index contributed by atoms with van der Waals surface area (Å²) in [6.45, 7) is 0. The maximum atomic E-state index is 11.9. The third kappa shape index (κ3) is 1.62. The number of amides is 1. The van der Waals surface area contributed by atoms with Gasteiger partial charge in [0.2, 0.25) is 5.91 Å². The molecule has 0 aliphatic heterocycles. The zero-order valence-corrected chi connectivity index (χ0v) is 8.20. The zero-order chi connectivity index (χ0) is 9.26. The Labute approximate surface area is 79.6 Å². The molecular formula is C11H17NO. The van der Waals surface area contributed by atoms with Gasteiger partial charge in [-0.05, 0) is 32.1 Å². The van der Waals surface area contributed by atoms with E-state index in [4.69, 9.17) is 0 Å². The Hall–Kier alpha value is -0.790. The normalized spacial score (nSPS) is 23.2. The fraction of sp³-hybridized carbons (Fsp3) is 0.727. The molecule has 2 rings (SSSR count). The van der Waals surface area contributed by atoms with Gasteiger partial charge in [0.1, 0.15) is 0 Å². The second-order valence-electron chi connectivity index (χ2n) is 4.17. The Morgan fingerprint density at radius 2 is 1.92 bits per heavy atom. The summed E-state index contributed by atoms with van der Waals surface area (Å²) in [5.41, 5.74) is 0. The summed E-state index contributed by atoms with van der Waals surface area (Å²) in [6, 6.07) is 0.549. The number of rotatable bonds is 2. The van der Waals surface area contributed by atoms with E-state index in [1.165, 1.54) is 19.3 Å². The average Bonchev–Trinajstić information content (AvgIpc) is 2.51.